The lowest BCUT2D eigenvalue weighted by atomic mass is 10.2. The highest BCUT2D eigenvalue weighted by molar-refractivity contribution is 9.10. The highest BCUT2D eigenvalue weighted by Gasteiger charge is 2.31. The molecule has 0 radical (unpaired) electrons. The molecular formula is C13H20BrFN2O3S. The predicted molar refractivity (Wildman–Crippen MR) is 82.9 cm³/mol. The summed E-state index contributed by atoms with van der Waals surface area (Å²) in [4.78, 5) is -0.373. The number of rotatable bonds is 7. The van der Waals surface area contributed by atoms with Crippen LogP contribution in [0.25, 0.3) is 0 Å². The van der Waals surface area contributed by atoms with Crippen molar-refractivity contribution in [2.24, 2.45) is 5.73 Å². The van der Waals surface area contributed by atoms with Gasteiger partial charge in [-0.25, -0.2) is 12.8 Å². The summed E-state index contributed by atoms with van der Waals surface area (Å²) in [6, 6.07) is 2.33. The van der Waals surface area contributed by atoms with E-state index in [0.717, 1.165) is 0 Å². The second-order valence-corrected chi connectivity index (χ2v) is 7.37. The molecule has 5 nitrogen and oxygen atoms in total. The van der Waals surface area contributed by atoms with Crippen molar-refractivity contribution in [2.45, 2.75) is 31.3 Å². The van der Waals surface area contributed by atoms with Crippen LogP contribution in [0.4, 0.5) is 4.39 Å². The van der Waals surface area contributed by atoms with E-state index in [-0.39, 0.29) is 30.2 Å². The van der Waals surface area contributed by atoms with E-state index < -0.39 is 21.9 Å². The number of methoxy groups -OCH3 is 1. The second-order valence-electron chi connectivity index (χ2n) is 4.59. The lowest BCUT2D eigenvalue weighted by molar-refractivity contribution is 0.142. The maximum absolute atomic E-state index is 14.4. The molecule has 0 aliphatic rings. The molecule has 8 heteroatoms. The Morgan fingerprint density at radius 1 is 1.48 bits per heavy atom. The minimum absolute atomic E-state index is 0.0759. The van der Waals surface area contributed by atoms with Crippen LogP contribution in [0, 0.1) is 5.82 Å². The lowest BCUT2D eigenvalue weighted by Crippen LogP contribution is -2.41. The second kappa shape index (κ2) is 7.64. The molecule has 1 rings (SSSR count). The van der Waals surface area contributed by atoms with E-state index in [0.29, 0.717) is 4.47 Å². The summed E-state index contributed by atoms with van der Waals surface area (Å²) in [7, 11) is -2.48. The zero-order valence-corrected chi connectivity index (χ0v) is 14.7. The van der Waals surface area contributed by atoms with Gasteiger partial charge in [-0.2, -0.15) is 4.31 Å². The molecule has 0 heterocycles. The van der Waals surface area contributed by atoms with Crippen molar-refractivity contribution >= 4 is 26.0 Å². The SMILES string of the molecule is CCN(C(C)COC)S(=O)(=O)c1cc(Br)cc(CN)c1F. The standard InChI is InChI=1S/C13H20BrFN2O3S/c1-4-17(9(2)8-20-3)21(18,19)12-6-11(14)5-10(7-16)13(12)15/h5-6,9H,4,7-8,16H2,1-3H3. The van der Waals surface area contributed by atoms with Crippen LogP contribution in [0.2, 0.25) is 0 Å². The minimum atomic E-state index is -3.97. The number of hydrogen-bond donors (Lipinski definition) is 1. The van der Waals surface area contributed by atoms with E-state index in [2.05, 4.69) is 15.9 Å². The zero-order chi connectivity index (χ0) is 16.2. The molecule has 2 N–H and O–H groups in total. The summed E-state index contributed by atoms with van der Waals surface area (Å²) in [6.45, 7) is 3.78. The van der Waals surface area contributed by atoms with Crippen LogP contribution in [0.15, 0.2) is 21.5 Å². The Morgan fingerprint density at radius 3 is 2.57 bits per heavy atom. The number of ether oxygens (including phenoxy) is 1. The molecule has 21 heavy (non-hydrogen) atoms. The Bertz CT molecular complexity index is 595. The molecule has 1 atom stereocenters. The quantitative estimate of drug-likeness (QED) is 0.783. The first-order valence-electron chi connectivity index (χ1n) is 6.48. The Hall–Kier alpha value is -0.540. The van der Waals surface area contributed by atoms with E-state index in [4.69, 9.17) is 10.5 Å². The third-order valence-corrected chi connectivity index (χ3v) is 5.64. The number of benzene rings is 1. The average molecular weight is 383 g/mol. The van der Waals surface area contributed by atoms with Gasteiger partial charge in [-0.15, -0.1) is 0 Å². The fourth-order valence-electron chi connectivity index (χ4n) is 2.12. The first kappa shape index (κ1) is 18.5. The molecule has 0 saturated heterocycles. The molecule has 0 fully saturated rings. The normalized spacial score (nSPS) is 13.7. The van der Waals surface area contributed by atoms with Crippen molar-refractivity contribution in [2.75, 3.05) is 20.3 Å². The monoisotopic (exact) mass is 382 g/mol. The topological polar surface area (TPSA) is 72.6 Å². The smallest absolute Gasteiger partial charge is 0.246 e. The number of sulfonamides is 1. The van der Waals surface area contributed by atoms with Gasteiger partial charge in [0.2, 0.25) is 10.0 Å². The van der Waals surface area contributed by atoms with Crippen molar-refractivity contribution < 1.29 is 17.5 Å². The van der Waals surface area contributed by atoms with Gasteiger partial charge >= 0.3 is 0 Å². The van der Waals surface area contributed by atoms with Crippen molar-refractivity contribution in [3.05, 3.63) is 28.0 Å². The van der Waals surface area contributed by atoms with Crippen LogP contribution in [0.1, 0.15) is 19.4 Å². The average Bonchev–Trinajstić information content (AvgIpc) is 2.41. The first-order chi connectivity index (χ1) is 9.79. The number of hydrogen-bond acceptors (Lipinski definition) is 4. The molecule has 0 aliphatic carbocycles. The third kappa shape index (κ3) is 4.01. The summed E-state index contributed by atoms with van der Waals surface area (Å²) in [6.07, 6.45) is 0. The van der Waals surface area contributed by atoms with E-state index in [9.17, 15) is 12.8 Å². The summed E-state index contributed by atoms with van der Waals surface area (Å²) in [5, 5.41) is 0. The van der Waals surface area contributed by atoms with E-state index in [1.807, 2.05) is 0 Å². The van der Waals surface area contributed by atoms with Crippen molar-refractivity contribution in [3.8, 4) is 0 Å². The largest absolute Gasteiger partial charge is 0.383 e. The van der Waals surface area contributed by atoms with Crippen LogP contribution in [0.5, 0.6) is 0 Å². The van der Waals surface area contributed by atoms with Crippen LogP contribution in [-0.2, 0) is 21.3 Å². The van der Waals surface area contributed by atoms with Gasteiger partial charge < -0.3 is 10.5 Å². The zero-order valence-electron chi connectivity index (χ0n) is 12.3. The third-order valence-electron chi connectivity index (χ3n) is 3.10. The van der Waals surface area contributed by atoms with Crippen LogP contribution >= 0.6 is 15.9 Å². The molecule has 0 bridgehead atoms. The summed E-state index contributed by atoms with van der Waals surface area (Å²) >= 11 is 3.19. The molecule has 120 valence electrons. The summed E-state index contributed by atoms with van der Waals surface area (Å²) in [5.74, 6) is -0.802. The number of nitrogens with zero attached hydrogens (tertiary/aromatic N) is 1. The van der Waals surface area contributed by atoms with Gasteiger partial charge in [-0.3, -0.25) is 0 Å². The first-order valence-corrected chi connectivity index (χ1v) is 8.71. The summed E-state index contributed by atoms with van der Waals surface area (Å²) in [5.41, 5.74) is 5.61. The van der Waals surface area contributed by atoms with Gasteiger partial charge in [-0.1, -0.05) is 22.9 Å². The number of nitrogens with two attached hydrogens (primary N) is 1. The van der Waals surface area contributed by atoms with Gasteiger partial charge in [0.05, 0.1) is 6.61 Å². The molecule has 0 saturated carbocycles. The van der Waals surface area contributed by atoms with Crippen molar-refractivity contribution in [1.29, 1.82) is 0 Å². The van der Waals surface area contributed by atoms with Gasteiger partial charge in [0.1, 0.15) is 10.7 Å². The summed E-state index contributed by atoms with van der Waals surface area (Å²) < 4.78 is 46.4. The van der Waals surface area contributed by atoms with Crippen molar-refractivity contribution in [3.63, 3.8) is 0 Å². The highest BCUT2D eigenvalue weighted by Crippen LogP contribution is 2.27. The Kier molecular flexibility index (Phi) is 6.73. The molecule has 0 aromatic heterocycles. The fraction of sp³-hybridized carbons (Fsp3) is 0.538. The maximum Gasteiger partial charge on any atom is 0.246 e. The fourth-order valence-corrected chi connectivity index (χ4v) is 4.54. The van der Waals surface area contributed by atoms with Crippen LogP contribution < -0.4 is 5.73 Å². The molecular weight excluding hydrogens is 363 g/mol. The molecule has 0 aliphatic heterocycles. The molecule has 0 spiro atoms. The van der Waals surface area contributed by atoms with E-state index in [1.54, 1.807) is 13.8 Å². The lowest BCUT2D eigenvalue weighted by Gasteiger charge is -2.27. The highest BCUT2D eigenvalue weighted by atomic mass is 79.9. The van der Waals surface area contributed by atoms with Gasteiger partial charge in [0, 0.05) is 36.3 Å². The Morgan fingerprint density at radius 2 is 2.10 bits per heavy atom. The number of likely N-dealkylation sites (N-methyl/N-ethyl adjacent to an activating group) is 1. The van der Waals surface area contributed by atoms with Gasteiger partial charge in [0.15, 0.2) is 0 Å². The van der Waals surface area contributed by atoms with E-state index in [1.165, 1.54) is 23.5 Å². The molecule has 0 amide bonds. The predicted octanol–water partition coefficient (Wildman–Crippen LogP) is 2.09. The van der Waals surface area contributed by atoms with Crippen molar-refractivity contribution in [1.82, 2.24) is 4.31 Å². The molecule has 1 unspecified atom stereocenters. The number of halogens is 2. The Labute approximate surface area is 133 Å². The Balaban J connectivity index is 3.39. The van der Waals surface area contributed by atoms with Gasteiger partial charge in [0.25, 0.3) is 0 Å². The molecule has 1 aromatic rings. The van der Waals surface area contributed by atoms with Crippen LogP contribution in [-0.4, -0.2) is 39.0 Å². The minimum Gasteiger partial charge on any atom is -0.383 e. The molecule has 1 aromatic carbocycles. The van der Waals surface area contributed by atoms with Gasteiger partial charge in [-0.05, 0) is 19.1 Å². The van der Waals surface area contributed by atoms with E-state index >= 15 is 0 Å². The van der Waals surface area contributed by atoms with Crippen LogP contribution in [0.3, 0.4) is 0 Å². The maximum atomic E-state index is 14.4.